The molecule has 1 N–H and O–H groups in total. The van der Waals surface area contributed by atoms with E-state index in [-0.39, 0.29) is 17.9 Å². The van der Waals surface area contributed by atoms with Crippen molar-refractivity contribution in [3.63, 3.8) is 0 Å². The zero-order valence-electron chi connectivity index (χ0n) is 12.4. The fourth-order valence-corrected chi connectivity index (χ4v) is 4.41. The number of carbonyl (C=O) groups is 2. The summed E-state index contributed by atoms with van der Waals surface area (Å²) in [7, 11) is 0. The highest BCUT2D eigenvalue weighted by Gasteiger charge is 2.35. The highest BCUT2D eigenvalue weighted by Crippen LogP contribution is 2.30. The normalized spacial score (nSPS) is 20.1. The summed E-state index contributed by atoms with van der Waals surface area (Å²) in [4.78, 5) is 27.7. The van der Waals surface area contributed by atoms with Crippen LogP contribution in [0.4, 0.5) is 0 Å². The molecule has 0 aromatic carbocycles. The Morgan fingerprint density at radius 3 is 2.86 bits per heavy atom. The first kappa shape index (κ1) is 14.6. The summed E-state index contributed by atoms with van der Waals surface area (Å²) in [5.41, 5.74) is 1.27. The van der Waals surface area contributed by atoms with Crippen molar-refractivity contribution in [3.05, 3.63) is 21.9 Å². The van der Waals surface area contributed by atoms with E-state index in [2.05, 4.69) is 16.8 Å². The van der Waals surface area contributed by atoms with Gasteiger partial charge in [0.2, 0.25) is 11.8 Å². The van der Waals surface area contributed by atoms with Gasteiger partial charge in [0.15, 0.2) is 0 Å². The zero-order chi connectivity index (χ0) is 14.8. The van der Waals surface area contributed by atoms with Crippen molar-refractivity contribution in [3.8, 4) is 0 Å². The minimum absolute atomic E-state index is 0.103. The predicted molar refractivity (Wildman–Crippen MR) is 83.0 cm³/mol. The second-order valence-corrected chi connectivity index (χ2v) is 7.10. The van der Waals surface area contributed by atoms with Crippen LogP contribution in [0.1, 0.15) is 43.0 Å². The SMILES string of the molecule is CC(=O)N[C@H](C(=O)N1CCc2sccc2C1)C1CCCC1. The van der Waals surface area contributed by atoms with Gasteiger partial charge in [-0.2, -0.15) is 0 Å². The monoisotopic (exact) mass is 306 g/mol. The molecule has 0 spiro atoms. The molecule has 1 aromatic rings. The third kappa shape index (κ3) is 3.12. The molecular weight excluding hydrogens is 284 g/mol. The van der Waals surface area contributed by atoms with Crippen molar-refractivity contribution < 1.29 is 9.59 Å². The number of nitrogens with one attached hydrogen (secondary N) is 1. The van der Waals surface area contributed by atoms with Gasteiger partial charge in [-0.3, -0.25) is 9.59 Å². The molecule has 1 aliphatic carbocycles. The molecule has 4 nitrogen and oxygen atoms in total. The quantitative estimate of drug-likeness (QED) is 0.932. The lowest BCUT2D eigenvalue weighted by atomic mass is 9.95. The van der Waals surface area contributed by atoms with Crippen LogP contribution in [0.5, 0.6) is 0 Å². The van der Waals surface area contributed by atoms with Crippen LogP contribution in [0.25, 0.3) is 0 Å². The Morgan fingerprint density at radius 1 is 1.38 bits per heavy atom. The minimum Gasteiger partial charge on any atom is -0.344 e. The van der Waals surface area contributed by atoms with Crippen molar-refractivity contribution >= 4 is 23.2 Å². The second-order valence-electron chi connectivity index (χ2n) is 6.10. The van der Waals surface area contributed by atoms with Crippen molar-refractivity contribution in [2.24, 2.45) is 5.92 Å². The molecule has 2 aliphatic rings. The summed E-state index contributed by atoms with van der Waals surface area (Å²) >= 11 is 1.78. The Hall–Kier alpha value is -1.36. The summed E-state index contributed by atoms with van der Waals surface area (Å²) in [6.07, 6.45) is 5.38. The van der Waals surface area contributed by atoms with Gasteiger partial charge < -0.3 is 10.2 Å². The smallest absolute Gasteiger partial charge is 0.245 e. The number of fused-ring (bicyclic) bond motifs is 1. The van der Waals surface area contributed by atoms with E-state index in [1.54, 1.807) is 11.3 Å². The summed E-state index contributed by atoms with van der Waals surface area (Å²) < 4.78 is 0. The van der Waals surface area contributed by atoms with Gasteiger partial charge in [-0.15, -0.1) is 11.3 Å². The Balaban J connectivity index is 1.73. The molecule has 1 fully saturated rings. The maximum atomic E-state index is 12.9. The van der Waals surface area contributed by atoms with Crippen LogP contribution in [0, 0.1) is 5.92 Å². The molecule has 1 atom stereocenters. The van der Waals surface area contributed by atoms with Crippen LogP contribution in [0.15, 0.2) is 11.4 Å². The van der Waals surface area contributed by atoms with E-state index in [1.165, 1.54) is 30.2 Å². The fraction of sp³-hybridized carbons (Fsp3) is 0.625. The summed E-state index contributed by atoms with van der Waals surface area (Å²) in [6, 6.07) is 1.78. The lowest BCUT2D eigenvalue weighted by molar-refractivity contribution is -0.138. The summed E-state index contributed by atoms with van der Waals surface area (Å²) in [6.45, 7) is 2.97. The van der Waals surface area contributed by atoms with Crippen molar-refractivity contribution in [2.75, 3.05) is 6.54 Å². The van der Waals surface area contributed by atoms with E-state index in [0.717, 1.165) is 25.8 Å². The number of thiophene rings is 1. The van der Waals surface area contributed by atoms with Gasteiger partial charge in [-0.1, -0.05) is 12.8 Å². The van der Waals surface area contributed by atoms with E-state index in [4.69, 9.17) is 0 Å². The minimum atomic E-state index is -0.329. The average molecular weight is 306 g/mol. The number of hydrogen-bond donors (Lipinski definition) is 1. The third-order valence-electron chi connectivity index (χ3n) is 4.62. The van der Waals surface area contributed by atoms with E-state index >= 15 is 0 Å². The van der Waals surface area contributed by atoms with Gasteiger partial charge >= 0.3 is 0 Å². The van der Waals surface area contributed by atoms with Gasteiger partial charge in [0.25, 0.3) is 0 Å². The van der Waals surface area contributed by atoms with Crippen LogP contribution in [-0.2, 0) is 22.6 Å². The summed E-state index contributed by atoms with van der Waals surface area (Å²) in [5, 5.41) is 5.01. The van der Waals surface area contributed by atoms with Gasteiger partial charge in [-0.25, -0.2) is 0 Å². The molecule has 5 heteroatoms. The molecule has 21 heavy (non-hydrogen) atoms. The van der Waals surface area contributed by atoms with Gasteiger partial charge in [0.05, 0.1) is 0 Å². The lowest BCUT2D eigenvalue weighted by Gasteiger charge is -2.33. The Morgan fingerprint density at radius 2 is 2.14 bits per heavy atom. The van der Waals surface area contributed by atoms with Crippen LogP contribution in [0.3, 0.4) is 0 Å². The molecule has 2 heterocycles. The third-order valence-corrected chi connectivity index (χ3v) is 5.64. The molecule has 1 aromatic heterocycles. The molecule has 1 aliphatic heterocycles. The number of carbonyl (C=O) groups excluding carboxylic acids is 2. The Bertz CT molecular complexity index is 534. The van der Waals surface area contributed by atoms with Crippen LogP contribution < -0.4 is 5.32 Å². The molecule has 114 valence electrons. The first-order chi connectivity index (χ1) is 10.1. The molecule has 0 saturated heterocycles. The standard InChI is InChI=1S/C16H22N2O2S/c1-11(19)17-15(12-4-2-3-5-12)16(20)18-8-6-14-13(10-18)7-9-21-14/h7,9,12,15H,2-6,8,10H2,1H3,(H,17,19)/t15-/m0/s1. The van der Waals surface area contributed by atoms with Crippen LogP contribution in [-0.4, -0.2) is 29.3 Å². The molecule has 1 saturated carbocycles. The number of amides is 2. The van der Waals surface area contributed by atoms with Crippen LogP contribution >= 0.6 is 11.3 Å². The number of hydrogen-bond acceptors (Lipinski definition) is 3. The van der Waals surface area contributed by atoms with E-state index in [9.17, 15) is 9.59 Å². The average Bonchev–Trinajstić information content (AvgIpc) is 3.13. The predicted octanol–water partition coefficient (Wildman–Crippen LogP) is 2.33. The van der Waals surface area contributed by atoms with Crippen LogP contribution in [0.2, 0.25) is 0 Å². The maximum absolute atomic E-state index is 12.9. The highest BCUT2D eigenvalue weighted by atomic mass is 32.1. The topological polar surface area (TPSA) is 49.4 Å². The highest BCUT2D eigenvalue weighted by molar-refractivity contribution is 7.10. The largest absolute Gasteiger partial charge is 0.344 e. The molecule has 3 rings (SSSR count). The molecule has 0 radical (unpaired) electrons. The van der Waals surface area contributed by atoms with Crippen molar-refractivity contribution in [1.29, 1.82) is 0 Å². The Kier molecular flexibility index (Phi) is 4.29. The maximum Gasteiger partial charge on any atom is 0.245 e. The van der Waals surface area contributed by atoms with E-state index in [1.807, 2.05) is 4.90 Å². The van der Waals surface area contributed by atoms with Crippen molar-refractivity contribution in [2.45, 2.75) is 51.6 Å². The Labute approximate surface area is 129 Å². The molecule has 0 unspecified atom stereocenters. The summed E-state index contributed by atoms with van der Waals surface area (Å²) in [5.74, 6) is 0.313. The molecule has 0 bridgehead atoms. The zero-order valence-corrected chi connectivity index (χ0v) is 13.2. The molecular formula is C16H22N2O2S. The fourth-order valence-electron chi connectivity index (χ4n) is 3.52. The van der Waals surface area contributed by atoms with Crippen molar-refractivity contribution in [1.82, 2.24) is 10.2 Å². The van der Waals surface area contributed by atoms with Gasteiger partial charge in [0.1, 0.15) is 6.04 Å². The van der Waals surface area contributed by atoms with Gasteiger partial charge in [0, 0.05) is 24.9 Å². The second kappa shape index (κ2) is 6.18. The molecule has 2 amide bonds. The first-order valence-electron chi connectivity index (χ1n) is 7.76. The van der Waals surface area contributed by atoms with Gasteiger partial charge in [-0.05, 0) is 42.2 Å². The first-order valence-corrected chi connectivity index (χ1v) is 8.64. The van der Waals surface area contributed by atoms with E-state index in [0.29, 0.717) is 12.5 Å². The number of nitrogens with zero attached hydrogens (tertiary/aromatic N) is 1. The lowest BCUT2D eigenvalue weighted by Crippen LogP contribution is -2.52. The number of rotatable bonds is 3. The van der Waals surface area contributed by atoms with E-state index < -0.39 is 0 Å².